The number of carboxylic acid groups (broad SMARTS) is 1. The van der Waals surface area contributed by atoms with Gasteiger partial charge in [0.2, 0.25) is 0 Å². The minimum atomic E-state index is -1.02. The normalized spacial score (nSPS) is 46.7. The van der Waals surface area contributed by atoms with E-state index in [-0.39, 0.29) is 46.4 Å². The molecule has 7 heteroatoms. The van der Waals surface area contributed by atoms with Crippen molar-refractivity contribution in [3.8, 4) is 5.75 Å². The number of carbonyl (C=O) groups excluding carboxylic acids is 1. The summed E-state index contributed by atoms with van der Waals surface area (Å²) in [6.45, 7) is 13.7. The Labute approximate surface area is 274 Å². The minimum absolute atomic E-state index is 0.00460. The molecule has 252 valence electrons. The molecule has 0 radical (unpaired) electrons. The molecule has 5 aliphatic rings. The van der Waals surface area contributed by atoms with Crippen LogP contribution in [0.1, 0.15) is 98.5 Å². The molecule has 0 bridgehead atoms. The van der Waals surface area contributed by atoms with Crippen LogP contribution in [0.4, 0.5) is 0 Å². The number of phenolic OH excluding ortho intramolecular Hbond substituents is 1. The van der Waals surface area contributed by atoms with Gasteiger partial charge in [0.15, 0.2) is 0 Å². The van der Waals surface area contributed by atoms with Gasteiger partial charge in [0, 0.05) is 11.5 Å². The molecule has 7 nitrogen and oxygen atoms in total. The fraction of sp³-hybridized carbons (Fsp3) is 0.692. The molecule has 12 unspecified atom stereocenters. The van der Waals surface area contributed by atoms with Crippen molar-refractivity contribution in [3.63, 3.8) is 0 Å². The molecule has 4 saturated carbocycles. The topological polar surface area (TPSA) is 124 Å². The zero-order valence-corrected chi connectivity index (χ0v) is 28.5. The van der Waals surface area contributed by atoms with Crippen LogP contribution in [0.3, 0.4) is 0 Å². The van der Waals surface area contributed by atoms with Crippen LogP contribution in [-0.2, 0) is 14.3 Å². The summed E-state index contributed by atoms with van der Waals surface area (Å²) in [4.78, 5) is 25.9. The molecule has 1 aromatic rings. The number of aliphatic hydroxyl groups is 2. The highest BCUT2D eigenvalue weighted by Gasteiger charge is 2.71. The van der Waals surface area contributed by atoms with Crippen LogP contribution in [0.5, 0.6) is 5.75 Å². The summed E-state index contributed by atoms with van der Waals surface area (Å²) < 4.78 is 5.81. The zero-order chi connectivity index (χ0) is 33.4. The van der Waals surface area contributed by atoms with Crippen molar-refractivity contribution >= 4 is 18.0 Å². The zero-order valence-electron chi connectivity index (χ0n) is 28.5. The molecule has 1 aromatic carbocycles. The monoisotopic (exact) mass is 634 g/mol. The van der Waals surface area contributed by atoms with Gasteiger partial charge in [-0.2, -0.15) is 0 Å². The number of carbonyl (C=O) groups is 2. The molecule has 0 amide bonds. The van der Waals surface area contributed by atoms with Crippen molar-refractivity contribution in [3.05, 3.63) is 47.6 Å². The first kappa shape index (κ1) is 33.3. The van der Waals surface area contributed by atoms with Gasteiger partial charge in [-0.25, -0.2) is 4.79 Å². The van der Waals surface area contributed by atoms with Gasteiger partial charge in [0.25, 0.3) is 0 Å². The number of esters is 1. The highest BCUT2D eigenvalue weighted by atomic mass is 16.5. The molecule has 12 atom stereocenters. The number of aliphatic carboxylic acids is 1. The highest BCUT2D eigenvalue weighted by Crippen LogP contribution is 2.75. The lowest BCUT2D eigenvalue weighted by Gasteiger charge is -2.71. The van der Waals surface area contributed by atoms with Crippen molar-refractivity contribution in [2.75, 3.05) is 6.61 Å². The molecule has 0 aromatic heterocycles. The first-order valence-corrected chi connectivity index (χ1v) is 17.5. The highest BCUT2D eigenvalue weighted by molar-refractivity contribution is 5.87. The molecule has 5 aliphatic carbocycles. The van der Waals surface area contributed by atoms with Gasteiger partial charge < -0.3 is 25.2 Å². The molecule has 0 heterocycles. The second-order valence-corrected chi connectivity index (χ2v) is 16.9. The standard InChI is InChI=1S/C39H54O7/c1-23-15-18-39(34(44)45)20-19-37(5)27(32(39)24(23)2)12-13-30-35(3)21-28(41)33(43)36(4,29(35)16-17-38(30,37)6)22-46-31(42)14-9-25-7-10-26(40)11-8-25/h7-12,14,23-24,28-30,32-33,40-41,43H,13,15-22H2,1-6H3,(H,44,45)/b14-9+. The van der Waals surface area contributed by atoms with Gasteiger partial charge in [0.1, 0.15) is 5.75 Å². The van der Waals surface area contributed by atoms with Crippen LogP contribution < -0.4 is 0 Å². The number of allylic oxidation sites excluding steroid dienone is 2. The van der Waals surface area contributed by atoms with Crippen molar-refractivity contribution < 1.29 is 34.8 Å². The number of ether oxygens (including phenoxy) is 1. The van der Waals surface area contributed by atoms with Crippen molar-refractivity contribution in [2.45, 2.75) is 105 Å². The summed E-state index contributed by atoms with van der Waals surface area (Å²) in [5.41, 5.74) is 0.0419. The van der Waals surface area contributed by atoms with Crippen molar-refractivity contribution in [1.82, 2.24) is 0 Å². The second kappa shape index (κ2) is 11.2. The molecule has 6 rings (SSSR count). The first-order valence-electron chi connectivity index (χ1n) is 17.5. The number of carboxylic acids is 1. The van der Waals surface area contributed by atoms with Crippen molar-refractivity contribution in [1.29, 1.82) is 0 Å². The van der Waals surface area contributed by atoms with Crippen LogP contribution in [0, 0.1) is 56.7 Å². The first-order chi connectivity index (χ1) is 21.5. The third-order valence-electron chi connectivity index (χ3n) is 15.0. The minimum Gasteiger partial charge on any atom is -0.508 e. The Kier molecular flexibility index (Phi) is 8.12. The van der Waals surface area contributed by atoms with Gasteiger partial charge in [-0.3, -0.25) is 4.79 Å². The van der Waals surface area contributed by atoms with E-state index >= 15 is 0 Å². The molecule has 46 heavy (non-hydrogen) atoms. The SMILES string of the molecule is CC1CCC2(C(=O)O)CCC3(C)C(=CCC4C5(C)CC(O)C(O)C(C)(COC(=O)/C=C/c6ccc(O)cc6)C5CCC43C)C2C1C. The Morgan fingerprint density at radius 1 is 0.957 bits per heavy atom. The van der Waals surface area contributed by atoms with E-state index in [1.807, 2.05) is 6.92 Å². The number of phenols is 1. The van der Waals surface area contributed by atoms with E-state index in [0.717, 1.165) is 44.1 Å². The van der Waals surface area contributed by atoms with Gasteiger partial charge in [-0.1, -0.05) is 65.3 Å². The Morgan fingerprint density at radius 3 is 2.33 bits per heavy atom. The smallest absolute Gasteiger partial charge is 0.330 e. The molecule has 4 fully saturated rings. The maximum Gasteiger partial charge on any atom is 0.330 e. The number of aliphatic hydroxyl groups excluding tert-OH is 2. The maximum absolute atomic E-state index is 13.0. The molecular weight excluding hydrogens is 580 g/mol. The van der Waals surface area contributed by atoms with Gasteiger partial charge in [-0.15, -0.1) is 0 Å². The molecule has 0 aliphatic heterocycles. The molecule has 4 N–H and O–H groups in total. The van der Waals surface area contributed by atoms with Gasteiger partial charge >= 0.3 is 11.9 Å². The van der Waals surface area contributed by atoms with Crippen LogP contribution in [0.15, 0.2) is 42.0 Å². The number of benzene rings is 1. The van der Waals surface area contributed by atoms with Crippen LogP contribution in [0.25, 0.3) is 6.08 Å². The predicted octanol–water partition coefficient (Wildman–Crippen LogP) is 7.00. The Balaban J connectivity index is 1.30. The van der Waals surface area contributed by atoms with Gasteiger partial charge in [-0.05, 0) is 121 Å². The summed E-state index contributed by atoms with van der Waals surface area (Å²) in [7, 11) is 0. The van der Waals surface area contributed by atoms with E-state index in [4.69, 9.17) is 4.74 Å². The molecule has 0 saturated heterocycles. The van der Waals surface area contributed by atoms with Crippen LogP contribution >= 0.6 is 0 Å². The number of hydrogen-bond donors (Lipinski definition) is 4. The van der Waals surface area contributed by atoms with E-state index in [2.05, 4.69) is 40.7 Å². The lowest BCUT2D eigenvalue weighted by molar-refractivity contribution is -0.245. The fourth-order valence-electron chi connectivity index (χ4n) is 12.0. The van der Waals surface area contributed by atoms with Gasteiger partial charge in [0.05, 0.1) is 24.2 Å². The van der Waals surface area contributed by atoms with E-state index in [0.29, 0.717) is 24.7 Å². The van der Waals surface area contributed by atoms with Crippen LogP contribution in [0.2, 0.25) is 0 Å². The maximum atomic E-state index is 13.0. The fourth-order valence-corrected chi connectivity index (χ4v) is 12.0. The van der Waals surface area contributed by atoms with E-state index in [9.17, 15) is 30.0 Å². The number of hydrogen-bond acceptors (Lipinski definition) is 6. The lowest BCUT2D eigenvalue weighted by atomic mass is 9.33. The summed E-state index contributed by atoms with van der Waals surface area (Å²) in [6, 6.07) is 6.53. The van der Waals surface area contributed by atoms with Crippen molar-refractivity contribution in [2.24, 2.45) is 56.7 Å². The largest absolute Gasteiger partial charge is 0.508 e. The van der Waals surface area contributed by atoms with E-state index < -0.39 is 35.0 Å². The average molecular weight is 635 g/mol. The summed E-state index contributed by atoms with van der Waals surface area (Å²) >= 11 is 0. The lowest BCUT2D eigenvalue weighted by Crippen LogP contribution is -2.68. The Morgan fingerprint density at radius 2 is 1.65 bits per heavy atom. The number of aromatic hydroxyl groups is 1. The molecular formula is C39H54O7. The average Bonchev–Trinajstić information content (AvgIpc) is 3.00. The summed E-state index contributed by atoms with van der Waals surface area (Å²) in [5.74, 6) is 0.0827. The van der Waals surface area contributed by atoms with E-state index in [1.54, 1.807) is 30.3 Å². The second-order valence-electron chi connectivity index (χ2n) is 16.9. The number of rotatable bonds is 5. The summed E-state index contributed by atoms with van der Waals surface area (Å²) in [6.07, 6.45) is 9.80. The Hall–Kier alpha value is -2.64. The van der Waals surface area contributed by atoms with Crippen LogP contribution in [-0.4, -0.2) is 51.2 Å². The number of fused-ring (bicyclic) bond motifs is 7. The quantitative estimate of drug-likeness (QED) is 0.156. The van der Waals surface area contributed by atoms with E-state index in [1.165, 1.54) is 11.6 Å². The molecule has 0 spiro atoms. The third kappa shape index (κ3) is 4.65. The summed E-state index contributed by atoms with van der Waals surface area (Å²) in [5, 5.41) is 43.1. The Bertz CT molecular complexity index is 1430. The predicted molar refractivity (Wildman–Crippen MR) is 176 cm³/mol. The third-order valence-corrected chi connectivity index (χ3v) is 15.0.